The third kappa shape index (κ3) is 5.17. The number of ether oxygens (including phenoxy) is 1. The van der Waals surface area contributed by atoms with Crippen molar-refractivity contribution in [3.05, 3.63) is 64.7 Å². The van der Waals surface area contributed by atoms with Gasteiger partial charge in [-0.2, -0.15) is 0 Å². The van der Waals surface area contributed by atoms with Gasteiger partial charge in [-0.25, -0.2) is 0 Å². The number of rotatable bonds is 4. The molecule has 0 unspecified atom stereocenters. The third-order valence-electron chi connectivity index (χ3n) is 2.97. The van der Waals surface area contributed by atoms with Crippen molar-refractivity contribution in [3.8, 4) is 17.6 Å². The molecule has 1 nitrogen and oxygen atoms in total. The van der Waals surface area contributed by atoms with Gasteiger partial charge in [0.05, 0.1) is 0 Å². The molecule has 0 amide bonds. The van der Waals surface area contributed by atoms with Crippen LogP contribution in [0.15, 0.2) is 42.5 Å². The number of halogens is 1. The second-order valence-electron chi connectivity index (χ2n) is 5.05. The Hall–Kier alpha value is -1.91. The number of hydrogen-bond acceptors (Lipinski definition) is 1. The number of alkyl halides is 1. The van der Waals surface area contributed by atoms with Crippen molar-refractivity contribution in [3.63, 3.8) is 0 Å². The van der Waals surface area contributed by atoms with E-state index in [2.05, 4.69) is 43.9 Å². The van der Waals surface area contributed by atoms with Gasteiger partial charge in [0.15, 0.2) is 0 Å². The average molecular weight is 299 g/mol. The summed E-state index contributed by atoms with van der Waals surface area (Å²) in [4.78, 5) is 0. The molecular weight excluding hydrogens is 280 g/mol. The Labute approximate surface area is 131 Å². The maximum atomic E-state index is 5.86. The summed E-state index contributed by atoms with van der Waals surface area (Å²) in [7, 11) is 0. The topological polar surface area (TPSA) is 9.23 Å². The fourth-order valence-electron chi connectivity index (χ4n) is 2.19. The van der Waals surface area contributed by atoms with Crippen molar-refractivity contribution in [1.29, 1.82) is 0 Å². The molecule has 0 atom stereocenters. The first-order valence-electron chi connectivity index (χ1n) is 7.02. The number of hydrogen-bond donors (Lipinski definition) is 0. The minimum atomic E-state index is 0.565. The summed E-state index contributed by atoms with van der Waals surface area (Å²) in [6.45, 7) is 4.77. The lowest BCUT2D eigenvalue weighted by Crippen LogP contribution is -1.96. The van der Waals surface area contributed by atoms with Crippen LogP contribution < -0.4 is 4.74 Å². The van der Waals surface area contributed by atoms with E-state index in [9.17, 15) is 0 Å². The zero-order valence-electron chi connectivity index (χ0n) is 12.4. The predicted molar refractivity (Wildman–Crippen MR) is 88.9 cm³/mol. The van der Waals surface area contributed by atoms with E-state index >= 15 is 0 Å². The SMILES string of the molecule is Cc1cc(C)cc(COc2cccc(C#CCCCl)c2)c1. The largest absolute Gasteiger partial charge is 0.489 e. The van der Waals surface area contributed by atoms with Crippen LogP contribution in [-0.2, 0) is 6.61 Å². The fraction of sp³-hybridized carbons (Fsp3) is 0.263. The van der Waals surface area contributed by atoms with Crippen LogP contribution >= 0.6 is 11.6 Å². The smallest absolute Gasteiger partial charge is 0.121 e. The van der Waals surface area contributed by atoms with Gasteiger partial charge in [0.1, 0.15) is 12.4 Å². The van der Waals surface area contributed by atoms with Crippen molar-refractivity contribution in [2.45, 2.75) is 26.9 Å². The standard InChI is InChI=1S/C19H19ClO/c1-15-10-16(2)12-18(11-15)14-21-19-8-5-7-17(13-19)6-3-4-9-20/h5,7-8,10-13H,4,9,14H2,1-2H3. The molecule has 0 spiro atoms. The molecule has 0 bridgehead atoms. The molecule has 21 heavy (non-hydrogen) atoms. The minimum Gasteiger partial charge on any atom is -0.489 e. The molecule has 2 heteroatoms. The monoisotopic (exact) mass is 298 g/mol. The molecule has 0 fully saturated rings. The molecule has 2 aromatic carbocycles. The van der Waals surface area contributed by atoms with Crippen molar-refractivity contribution in [1.82, 2.24) is 0 Å². The summed E-state index contributed by atoms with van der Waals surface area (Å²) < 4.78 is 5.86. The zero-order valence-corrected chi connectivity index (χ0v) is 13.2. The molecule has 0 heterocycles. The number of aryl methyl sites for hydroxylation is 2. The second kappa shape index (κ2) is 7.76. The van der Waals surface area contributed by atoms with Gasteiger partial charge in [-0.3, -0.25) is 0 Å². The summed E-state index contributed by atoms with van der Waals surface area (Å²) in [5.41, 5.74) is 4.66. The first kappa shape index (κ1) is 15.5. The van der Waals surface area contributed by atoms with Crippen LogP contribution in [0.4, 0.5) is 0 Å². The van der Waals surface area contributed by atoms with E-state index in [1.165, 1.54) is 16.7 Å². The lowest BCUT2D eigenvalue weighted by atomic mass is 10.1. The van der Waals surface area contributed by atoms with E-state index in [0.717, 1.165) is 11.3 Å². The van der Waals surface area contributed by atoms with Gasteiger partial charge in [-0.1, -0.05) is 47.2 Å². The van der Waals surface area contributed by atoms with Crippen molar-refractivity contribution in [2.75, 3.05) is 5.88 Å². The average Bonchev–Trinajstić information content (AvgIpc) is 2.45. The molecular formula is C19H19ClO. The van der Waals surface area contributed by atoms with Crippen molar-refractivity contribution >= 4 is 11.6 Å². The highest BCUT2D eigenvalue weighted by molar-refractivity contribution is 6.18. The van der Waals surface area contributed by atoms with Gasteiger partial charge in [-0.05, 0) is 37.6 Å². The van der Waals surface area contributed by atoms with Gasteiger partial charge in [0.25, 0.3) is 0 Å². The molecule has 2 rings (SSSR count). The van der Waals surface area contributed by atoms with Crippen molar-refractivity contribution in [2.24, 2.45) is 0 Å². The Morgan fingerprint density at radius 3 is 2.52 bits per heavy atom. The van der Waals surface area contributed by atoms with Gasteiger partial charge in [0, 0.05) is 17.9 Å². The Morgan fingerprint density at radius 1 is 1.05 bits per heavy atom. The van der Waals surface area contributed by atoms with Crippen LogP contribution in [0.5, 0.6) is 5.75 Å². The Balaban J connectivity index is 2.03. The quantitative estimate of drug-likeness (QED) is 0.578. The Bertz CT molecular complexity index is 645. The molecule has 0 radical (unpaired) electrons. The minimum absolute atomic E-state index is 0.565. The molecule has 0 aliphatic rings. The highest BCUT2D eigenvalue weighted by Crippen LogP contribution is 2.16. The zero-order chi connectivity index (χ0) is 15.1. The lowest BCUT2D eigenvalue weighted by molar-refractivity contribution is 0.306. The van der Waals surface area contributed by atoms with Gasteiger partial charge in [0.2, 0.25) is 0 Å². The fourth-order valence-corrected chi connectivity index (χ4v) is 2.29. The van der Waals surface area contributed by atoms with Gasteiger partial charge in [-0.15, -0.1) is 11.6 Å². The number of benzene rings is 2. The van der Waals surface area contributed by atoms with Gasteiger partial charge < -0.3 is 4.74 Å². The Morgan fingerprint density at radius 2 is 1.81 bits per heavy atom. The second-order valence-corrected chi connectivity index (χ2v) is 5.43. The first-order chi connectivity index (χ1) is 10.2. The molecule has 0 saturated carbocycles. The van der Waals surface area contributed by atoms with E-state index in [4.69, 9.17) is 16.3 Å². The first-order valence-corrected chi connectivity index (χ1v) is 7.56. The van der Waals surface area contributed by atoms with Crippen molar-refractivity contribution < 1.29 is 4.74 Å². The predicted octanol–water partition coefficient (Wildman–Crippen LogP) is 4.86. The third-order valence-corrected chi connectivity index (χ3v) is 3.16. The van der Waals surface area contributed by atoms with Crippen LogP contribution in [0.2, 0.25) is 0 Å². The Kier molecular flexibility index (Phi) is 5.72. The maximum Gasteiger partial charge on any atom is 0.121 e. The van der Waals surface area contributed by atoms with E-state index < -0.39 is 0 Å². The highest BCUT2D eigenvalue weighted by atomic mass is 35.5. The van der Waals surface area contributed by atoms with E-state index in [-0.39, 0.29) is 0 Å². The highest BCUT2D eigenvalue weighted by Gasteiger charge is 1.99. The van der Waals surface area contributed by atoms with Crippen LogP contribution in [0.1, 0.15) is 28.7 Å². The summed E-state index contributed by atoms with van der Waals surface area (Å²) in [5.74, 6) is 7.52. The summed E-state index contributed by atoms with van der Waals surface area (Å²) in [6, 6.07) is 14.3. The summed E-state index contributed by atoms with van der Waals surface area (Å²) >= 11 is 5.61. The van der Waals surface area contributed by atoms with Crippen LogP contribution in [-0.4, -0.2) is 5.88 Å². The summed E-state index contributed by atoms with van der Waals surface area (Å²) in [6.07, 6.45) is 0.704. The molecule has 0 aliphatic heterocycles. The molecule has 0 saturated heterocycles. The van der Waals surface area contributed by atoms with Crippen LogP contribution in [0, 0.1) is 25.7 Å². The van der Waals surface area contributed by atoms with E-state index in [1.807, 2.05) is 24.3 Å². The molecule has 0 aliphatic carbocycles. The molecule has 0 aromatic heterocycles. The van der Waals surface area contributed by atoms with Gasteiger partial charge >= 0.3 is 0 Å². The van der Waals surface area contributed by atoms with E-state index in [1.54, 1.807) is 0 Å². The maximum absolute atomic E-state index is 5.86. The molecule has 0 N–H and O–H groups in total. The molecule has 2 aromatic rings. The molecule has 108 valence electrons. The summed E-state index contributed by atoms with van der Waals surface area (Å²) in [5, 5.41) is 0. The lowest BCUT2D eigenvalue weighted by Gasteiger charge is -2.08. The van der Waals surface area contributed by atoms with E-state index in [0.29, 0.717) is 18.9 Å². The van der Waals surface area contributed by atoms with Crippen LogP contribution in [0.3, 0.4) is 0 Å². The van der Waals surface area contributed by atoms with Crippen LogP contribution in [0.25, 0.3) is 0 Å². The normalized spacial score (nSPS) is 9.86.